The molecule has 0 bridgehead atoms. The Morgan fingerprint density at radius 2 is 2.00 bits per heavy atom. The van der Waals surface area contributed by atoms with Gasteiger partial charge >= 0.3 is 0 Å². The number of anilines is 1. The number of hydrogen-bond donors (Lipinski definition) is 0. The molecule has 0 radical (unpaired) electrons. The molecule has 3 rings (SSSR count). The molecular weight excluding hydrogens is 352 g/mol. The summed E-state index contributed by atoms with van der Waals surface area (Å²) in [6, 6.07) is 18.3. The predicted octanol–water partition coefficient (Wildman–Crippen LogP) is 4.19. The second-order valence-corrected chi connectivity index (χ2v) is 6.94. The average Bonchev–Trinajstić information content (AvgIpc) is 3.03. The van der Waals surface area contributed by atoms with Gasteiger partial charge in [-0.15, -0.1) is 0 Å². The summed E-state index contributed by atoms with van der Waals surface area (Å²) in [6.07, 6.45) is 2.14. The van der Waals surface area contributed by atoms with Crippen LogP contribution in [0.25, 0.3) is 0 Å². The van der Waals surface area contributed by atoms with Crippen LogP contribution in [0.2, 0.25) is 0 Å². The zero-order valence-corrected chi connectivity index (χ0v) is 14.9. The van der Waals surface area contributed by atoms with E-state index < -0.39 is 0 Å². The third-order valence-electron chi connectivity index (χ3n) is 4.39. The van der Waals surface area contributed by atoms with Crippen molar-refractivity contribution in [3.63, 3.8) is 0 Å². The summed E-state index contributed by atoms with van der Waals surface area (Å²) in [5, 5.41) is 0. The average molecular weight is 373 g/mol. The summed E-state index contributed by atoms with van der Waals surface area (Å²) in [6.45, 7) is 1.71. The molecule has 1 atom stereocenters. The maximum Gasteiger partial charge on any atom is 0.254 e. The summed E-state index contributed by atoms with van der Waals surface area (Å²) in [7, 11) is 2.09. The fraction of sp³-hybridized carbons (Fsp3) is 0.316. The van der Waals surface area contributed by atoms with Crippen LogP contribution < -0.4 is 4.90 Å². The molecule has 1 saturated heterocycles. The monoisotopic (exact) mass is 372 g/mol. The molecule has 0 spiro atoms. The van der Waals surface area contributed by atoms with Crippen LogP contribution in [-0.2, 0) is 0 Å². The summed E-state index contributed by atoms with van der Waals surface area (Å²) < 4.78 is 0.945. The Morgan fingerprint density at radius 1 is 1.22 bits per heavy atom. The van der Waals surface area contributed by atoms with Crippen LogP contribution in [0.4, 0.5) is 5.69 Å². The van der Waals surface area contributed by atoms with Crippen molar-refractivity contribution in [1.82, 2.24) is 4.90 Å². The van der Waals surface area contributed by atoms with E-state index in [0.717, 1.165) is 36.0 Å². The molecule has 1 aliphatic heterocycles. The molecular formula is C19H21BrN2O. The lowest BCUT2D eigenvalue weighted by atomic mass is 10.1. The van der Waals surface area contributed by atoms with Gasteiger partial charge in [-0.25, -0.2) is 0 Å². The third-order valence-corrected chi connectivity index (χ3v) is 4.88. The standard InChI is InChI=1S/C19H21BrN2O/c1-21(17-9-3-2-4-10-17)14-18-11-6-12-22(18)19(23)15-7-5-8-16(20)13-15/h2-5,7-10,13,18H,6,11-12,14H2,1H3. The summed E-state index contributed by atoms with van der Waals surface area (Å²) >= 11 is 3.45. The van der Waals surface area contributed by atoms with Crippen LogP contribution in [0, 0.1) is 0 Å². The molecule has 2 aromatic rings. The molecule has 1 fully saturated rings. The Labute approximate surface area is 146 Å². The number of nitrogens with zero attached hydrogens (tertiary/aromatic N) is 2. The number of amides is 1. The van der Waals surface area contributed by atoms with Crippen LogP contribution in [0.3, 0.4) is 0 Å². The molecule has 120 valence electrons. The van der Waals surface area contributed by atoms with Gasteiger partial charge in [0.15, 0.2) is 0 Å². The molecule has 0 aromatic heterocycles. The lowest BCUT2D eigenvalue weighted by molar-refractivity contribution is 0.0740. The van der Waals surface area contributed by atoms with E-state index in [1.165, 1.54) is 5.69 Å². The zero-order valence-electron chi connectivity index (χ0n) is 13.3. The van der Waals surface area contributed by atoms with Crippen LogP contribution in [0.1, 0.15) is 23.2 Å². The second-order valence-electron chi connectivity index (χ2n) is 6.02. The summed E-state index contributed by atoms with van der Waals surface area (Å²) in [5.41, 5.74) is 1.95. The van der Waals surface area contributed by atoms with Gasteiger partial charge in [-0.2, -0.15) is 0 Å². The largest absolute Gasteiger partial charge is 0.373 e. The third kappa shape index (κ3) is 3.75. The van der Waals surface area contributed by atoms with Crippen molar-refractivity contribution in [2.24, 2.45) is 0 Å². The number of para-hydroxylation sites is 1. The number of rotatable bonds is 4. The van der Waals surface area contributed by atoms with E-state index >= 15 is 0 Å². The van der Waals surface area contributed by atoms with E-state index in [-0.39, 0.29) is 11.9 Å². The summed E-state index contributed by atoms with van der Waals surface area (Å²) in [5.74, 6) is 0.135. The van der Waals surface area contributed by atoms with Gasteiger partial charge < -0.3 is 9.80 Å². The minimum Gasteiger partial charge on any atom is -0.373 e. The highest BCUT2D eigenvalue weighted by Gasteiger charge is 2.30. The molecule has 0 aliphatic carbocycles. The smallest absolute Gasteiger partial charge is 0.254 e. The van der Waals surface area contributed by atoms with E-state index in [9.17, 15) is 4.79 Å². The Morgan fingerprint density at radius 3 is 2.74 bits per heavy atom. The molecule has 2 aromatic carbocycles. The molecule has 0 N–H and O–H groups in total. The minimum absolute atomic E-state index is 0.135. The van der Waals surface area contributed by atoms with Crippen LogP contribution in [0.15, 0.2) is 59.1 Å². The van der Waals surface area contributed by atoms with Crippen molar-refractivity contribution >= 4 is 27.5 Å². The first-order chi connectivity index (χ1) is 11.1. The molecule has 1 heterocycles. The zero-order chi connectivity index (χ0) is 16.2. The maximum absolute atomic E-state index is 12.8. The number of hydrogen-bond acceptors (Lipinski definition) is 2. The number of carbonyl (C=O) groups is 1. The number of benzene rings is 2. The lowest BCUT2D eigenvalue weighted by Gasteiger charge is -2.30. The normalized spacial score (nSPS) is 17.3. The van der Waals surface area contributed by atoms with Crippen molar-refractivity contribution in [3.05, 3.63) is 64.6 Å². The van der Waals surface area contributed by atoms with E-state index in [1.54, 1.807) is 0 Å². The number of halogens is 1. The van der Waals surface area contributed by atoms with Crippen molar-refractivity contribution in [3.8, 4) is 0 Å². The van der Waals surface area contributed by atoms with Crippen LogP contribution >= 0.6 is 15.9 Å². The first-order valence-electron chi connectivity index (χ1n) is 7.98. The first-order valence-corrected chi connectivity index (χ1v) is 8.77. The number of likely N-dealkylation sites (N-methyl/N-ethyl adjacent to an activating group) is 1. The highest BCUT2D eigenvalue weighted by atomic mass is 79.9. The first kappa shape index (κ1) is 16.1. The lowest BCUT2D eigenvalue weighted by Crippen LogP contribution is -2.42. The Hall–Kier alpha value is -1.81. The van der Waals surface area contributed by atoms with Gasteiger partial charge in [0.1, 0.15) is 0 Å². The Balaban J connectivity index is 1.71. The van der Waals surface area contributed by atoms with Gasteiger partial charge in [0.05, 0.1) is 0 Å². The van der Waals surface area contributed by atoms with Gasteiger partial charge in [-0.1, -0.05) is 40.2 Å². The molecule has 1 aliphatic rings. The van der Waals surface area contributed by atoms with Crippen LogP contribution in [0.5, 0.6) is 0 Å². The highest BCUT2D eigenvalue weighted by Crippen LogP contribution is 2.23. The molecule has 1 unspecified atom stereocenters. The minimum atomic E-state index is 0.135. The number of carbonyl (C=O) groups excluding carboxylic acids is 1. The van der Waals surface area contributed by atoms with Gasteiger partial charge in [0.25, 0.3) is 5.91 Å². The molecule has 1 amide bonds. The SMILES string of the molecule is CN(CC1CCCN1C(=O)c1cccc(Br)c1)c1ccccc1. The fourth-order valence-electron chi connectivity index (χ4n) is 3.18. The number of likely N-dealkylation sites (tertiary alicyclic amines) is 1. The van der Waals surface area contributed by atoms with Gasteiger partial charge in [0, 0.05) is 41.9 Å². The van der Waals surface area contributed by atoms with Crippen molar-refractivity contribution < 1.29 is 4.79 Å². The van der Waals surface area contributed by atoms with Gasteiger partial charge in [-0.05, 0) is 43.2 Å². The highest BCUT2D eigenvalue weighted by molar-refractivity contribution is 9.10. The van der Waals surface area contributed by atoms with Gasteiger partial charge in [-0.3, -0.25) is 4.79 Å². The molecule has 3 nitrogen and oxygen atoms in total. The predicted molar refractivity (Wildman–Crippen MR) is 97.9 cm³/mol. The fourth-order valence-corrected chi connectivity index (χ4v) is 3.58. The Bertz CT molecular complexity index is 674. The second kappa shape index (κ2) is 7.18. The summed E-state index contributed by atoms with van der Waals surface area (Å²) in [4.78, 5) is 17.1. The molecule has 0 saturated carbocycles. The van der Waals surface area contributed by atoms with E-state index in [1.807, 2.05) is 47.4 Å². The van der Waals surface area contributed by atoms with Crippen molar-refractivity contribution in [2.45, 2.75) is 18.9 Å². The van der Waals surface area contributed by atoms with Crippen LogP contribution in [-0.4, -0.2) is 37.0 Å². The van der Waals surface area contributed by atoms with Crippen molar-refractivity contribution in [2.75, 3.05) is 25.0 Å². The Kier molecular flexibility index (Phi) is 5.01. The van der Waals surface area contributed by atoms with Crippen molar-refractivity contribution in [1.29, 1.82) is 0 Å². The topological polar surface area (TPSA) is 23.6 Å². The van der Waals surface area contributed by atoms with E-state index in [2.05, 4.69) is 40.0 Å². The molecule has 4 heteroatoms. The molecule has 23 heavy (non-hydrogen) atoms. The quantitative estimate of drug-likeness (QED) is 0.803. The van der Waals surface area contributed by atoms with E-state index in [0.29, 0.717) is 0 Å². The maximum atomic E-state index is 12.8. The van der Waals surface area contributed by atoms with Gasteiger partial charge in [0.2, 0.25) is 0 Å². The van der Waals surface area contributed by atoms with E-state index in [4.69, 9.17) is 0 Å².